The second-order valence-electron chi connectivity index (χ2n) is 5.72. The first kappa shape index (κ1) is 13.6. The van der Waals surface area contributed by atoms with E-state index in [1.165, 1.54) is 25.7 Å². The van der Waals surface area contributed by atoms with Crippen molar-refractivity contribution in [2.45, 2.75) is 25.7 Å². The predicted octanol–water partition coefficient (Wildman–Crippen LogP) is 2.19. The molecule has 1 amide bonds. The summed E-state index contributed by atoms with van der Waals surface area (Å²) in [5.41, 5.74) is 2.65. The lowest BCUT2D eigenvalue weighted by Crippen LogP contribution is -2.32. The molecule has 0 radical (unpaired) electrons. The van der Waals surface area contributed by atoms with Crippen LogP contribution in [0.1, 0.15) is 36.2 Å². The summed E-state index contributed by atoms with van der Waals surface area (Å²) in [7, 11) is 0. The van der Waals surface area contributed by atoms with Gasteiger partial charge in [0.15, 0.2) is 0 Å². The number of amides is 1. The van der Waals surface area contributed by atoms with Gasteiger partial charge in [0, 0.05) is 6.54 Å². The van der Waals surface area contributed by atoms with Crippen LogP contribution in [0.25, 0.3) is 0 Å². The maximum absolute atomic E-state index is 12.2. The van der Waals surface area contributed by atoms with Crippen LogP contribution in [0.5, 0.6) is 0 Å². The molecule has 0 saturated heterocycles. The van der Waals surface area contributed by atoms with Gasteiger partial charge >= 0.3 is 0 Å². The quantitative estimate of drug-likeness (QED) is 0.555. The average Bonchev–Trinajstić information content (AvgIpc) is 3.32. The Bertz CT molecular complexity index is 502. The number of carbonyl (C=O) groups excluding carboxylic acids is 1. The molecule has 2 aliphatic carbocycles. The Kier molecular flexibility index (Phi) is 3.81. The summed E-state index contributed by atoms with van der Waals surface area (Å²) >= 11 is 6.02. The maximum atomic E-state index is 12.2. The molecule has 2 fully saturated rings. The van der Waals surface area contributed by atoms with E-state index in [1.54, 1.807) is 12.1 Å². The van der Waals surface area contributed by atoms with E-state index in [4.69, 9.17) is 17.4 Å². The van der Waals surface area contributed by atoms with Crippen molar-refractivity contribution in [3.8, 4) is 0 Å². The van der Waals surface area contributed by atoms with Crippen LogP contribution in [0.3, 0.4) is 0 Å². The number of aromatic nitrogens is 1. The second-order valence-corrected chi connectivity index (χ2v) is 6.13. The number of carbonyl (C=O) groups is 1. The van der Waals surface area contributed by atoms with Crippen molar-refractivity contribution < 1.29 is 4.79 Å². The van der Waals surface area contributed by atoms with E-state index in [9.17, 15) is 4.79 Å². The van der Waals surface area contributed by atoms with Gasteiger partial charge in [0.2, 0.25) is 0 Å². The Morgan fingerprint density at radius 3 is 2.55 bits per heavy atom. The van der Waals surface area contributed by atoms with Crippen LogP contribution in [0.15, 0.2) is 12.1 Å². The van der Waals surface area contributed by atoms with Crippen molar-refractivity contribution in [3.63, 3.8) is 0 Å². The fraction of sp³-hybridized carbons (Fsp3) is 0.571. The normalized spacial score (nSPS) is 18.1. The Balaban J connectivity index is 1.63. The summed E-state index contributed by atoms with van der Waals surface area (Å²) in [5.74, 6) is 7.76. The number of anilines is 1. The summed E-state index contributed by atoms with van der Waals surface area (Å²) in [4.78, 5) is 16.3. The van der Waals surface area contributed by atoms with Gasteiger partial charge in [-0.2, -0.15) is 0 Å². The number of hydrogen-bond acceptors (Lipinski definition) is 4. The highest BCUT2D eigenvalue weighted by atomic mass is 35.5. The predicted molar refractivity (Wildman–Crippen MR) is 78.3 cm³/mol. The van der Waals surface area contributed by atoms with Crippen molar-refractivity contribution in [2.24, 2.45) is 23.6 Å². The van der Waals surface area contributed by atoms with Crippen LogP contribution >= 0.6 is 11.6 Å². The minimum absolute atomic E-state index is 0.224. The molecule has 1 aromatic heterocycles. The lowest BCUT2D eigenvalue weighted by molar-refractivity contribution is 0.0938. The van der Waals surface area contributed by atoms with Crippen molar-refractivity contribution in [3.05, 3.63) is 22.8 Å². The second kappa shape index (κ2) is 5.58. The molecule has 0 aromatic carbocycles. The Hall–Kier alpha value is -1.33. The zero-order valence-electron chi connectivity index (χ0n) is 11.2. The summed E-state index contributed by atoms with van der Waals surface area (Å²) in [6.07, 6.45) is 5.23. The molecule has 5 nitrogen and oxygen atoms in total. The topological polar surface area (TPSA) is 80.0 Å². The van der Waals surface area contributed by atoms with E-state index in [0.717, 1.165) is 18.4 Å². The van der Waals surface area contributed by atoms with Crippen molar-refractivity contribution in [1.82, 2.24) is 10.3 Å². The number of hydrazine groups is 1. The van der Waals surface area contributed by atoms with E-state index in [1.807, 2.05) is 0 Å². The zero-order valence-corrected chi connectivity index (χ0v) is 12.0. The lowest BCUT2D eigenvalue weighted by atomic mass is 9.98. The fourth-order valence-electron chi connectivity index (χ4n) is 2.74. The van der Waals surface area contributed by atoms with Crippen LogP contribution in [0.4, 0.5) is 5.82 Å². The van der Waals surface area contributed by atoms with Crippen LogP contribution in [-0.4, -0.2) is 17.4 Å². The summed E-state index contributed by atoms with van der Waals surface area (Å²) in [5, 5.41) is 3.32. The van der Waals surface area contributed by atoms with Gasteiger partial charge in [-0.05, 0) is 55.6 Å². The molecule has 1 aromatic rings. The third-order valence-electron chi connectivity index (χ3n) is 4.16. The Labute approximate surface area is 123 Å². The number of nitrogen functional groups attached to an aromatic ring is 1. The highest BCUT2D eigenvalue weighted by Gasteiger charge is 2.41. The highest BCUT2D eigenvalue weighted by molar-refractivity contribution is 6.33. The van der Waals surface area contributed by atoms with E-state index in [-0.39, 0.29) is 11.6 Å². The average molecular weight is 295 g/mol. The molecule has 0 unspecified atom stereocenters. The molecule has 0 aliphatic heterocycles. The summed E-state index contributed by atoms with van der Waals surface area (Å²) in [6, 6.07) is 3.26. The van der Waals surface area contributed by atoms with Gasteiger partial charge in [0.25, 0.3) is 5.91 Å². The molecule has 4 N–H and O–H groups in total. The largest absolute Gasteiger partial charge is 0.350 e. The SMILES string of the molecule is NNc1ccc(Cl)c(C(=O)NCC(C2CC2)C2CC2)n1. The monoisotopic (exact) mass is 294 g/mol. The van der Waals surface area contributed by atoms with E-state index < -0.39 is 0 Å². The molecule has 20 heavy (non-hydrogen) atoms. The van der Waals surface area contributed by atoms with Gasteiger partial charge in [0.05, 0.1) is 5.02 Å². The number of halogens is 1. The molecule has 0 bridgehead atoms. The molecule has 108 valence electrons. The lowest BCUT2D eigenvalue weighted by Gasteiger charge is -2.16. The molecule has 1 heterocycles. The number of nitrogens with two attached hydrogens (primary N) is 1. The smallest absolute Gasteiger partial charge is 0.271 e. The maximum Gasteiger partial charge on any atom is 0.271 e. The van der Waals surface area contributed by atoms with Crippen LogP contribution < -0.4 is 16.6 Å². The van der Waals surface area contributed by atoms with Crippen LogP contribution in [0, 0.1) is 17.8 Å². The summed E-state index contributed by atoms with van der Waals surface area (Å²) in [6.45, 7) is 0.729. The molecular weight excluding hydrogens is 276 g/mol. The minimum Gasteiger partial charge on any atom is -0.350 e. The molecule has 2 saturated carbocycles. The Morgan fingerprint density at radius 2 is 2.00 bits per heavy atom. The van der Waals surface area contributed by atoms with Crippen molar-refractivity contribution in [1.29, 1.82) is 0 Å². The number of nitrogens with one attached hydrogen (secondary N) is 2. The number of nitrogens with zero attached hydrogens (tertiary/aromatic N) is 1. The van der Waals surface area contributed by atoms with Gasteiger partial charge in [-0.1, -0.05) is 11.6 Å². The van der Waals surface area contributed by atoms with Gasteiger partial charge in [0.1, 0.15) is 11.5 Å². The van der Waals surface area contributed by atoms with Gasteiger partial charge in [-0.3, -0.25) is 4.79 Å². The van der Waals surface area contributed by atoms with E-state index in [0.29, 0.717) is 16.8 Å². The fourth-order valence-corrected chi connectivity index (χ4v) is 2.93. The number of hydrogen-bond donors (Lipinski definition) is 3. The van der Waals surface area contributed by atoms with Crippen LogP contribution in [0.2, 0.25) is 5.02 Å². The zero-order chi connectivity index (χ0) is 14.1. The minimum atomic E-state index is -0.224. The molecule has 2 aliphatic rings. The van der Waals surface area contributed by atoms with Crippen molar-refractivity contribution in [2.75, 3.05) is 12.0 Å². The van der Waals surface area contributed by atoms with Crippen LogP contribution in [-0.2, 0) is 0 Å². The first-order chi connectivity index (χ1) is 9.69. The first-order valence-electron chi connectivity index (χ1n) is 7.10. The Morgan fingerprint density at radius 1 is 1.35 bits per heavy atom. The van der Waals surface area contributed by atoms with E-state index in [2.05, 4.69) is 15.7 Å². The third kappa shape index (κ3) is 3.04. The summed E-state index contributed by atoms with van der Waals surface area (Å²) < 4.78 is 0. The molecular formula is C14H19ClN4O. The molecule has 6 heteroatoms. The van der Waals surface area contributed by atoms with E-state index >= 15 is 0 Å². The third-order valence-corrected chi connectivity index (χ3v) is 4.47. The van der Waals surface area contributed by atoms with Gasteiger partial charge in [-0.15, -0.1) is 0 Å². The standard InChI is InChI=1S/C14H19ClN4O/c15-11-5-6-12(19-16)18-13(11)14(20)17-7-10(8-1-2-8)9-3-4-9/h5-6,8-10H,1-4,7,16H2,(H,17,20)(H,18,19). The molecule has 3 rings (SSSR count). The molecule has 0 atom stereocenters. The van der Waals surface area contributed by atoms with Gasteiger partial charge < -0.3 is 10.7 Å². The van der Waals surface area contributed by atoms with Gasteiger partial charge in [-0.25, -0.2) is 10.8 Å². The number of pyridine rings is 1. The molecule has 0 spiro atoms. The first-order valence-corrected chi connectivity index (χ1v) is 7.48. The van der Waals surface area contributed by atoms with Crippen molar-refractivity contribution >= 4 is 23.3 Å². The highest BCUT2D eigenvalue weighted by Crippen LogP contribution is 2.48. The number of rotatable bonds is 6.